The number of carbonyl (C=O) groups is 1. The quantitative estimate of drug-likeness (QED) is 0.737. The van der Waals surface area contributed by atoms with Crippen molar-refractivity contribution in [2.45, 2.75) is 29.6 Å². The number of hydrogen-bond acceptors (Lipinski definition) is 5. The SMILES string of the molecule is CCNC(CSc1nccs1)(C(N)=O)C1CC1. The fraction of sp³-hybridized carbons (Fsp3) is 0.636. The van der Waals surface area contributed by atoms with E-state index >= 15 is 0 Å². The summed E-state index contributed by atoms with van der Waals surface area (Å²) in [4.78, 5) is 16.0. The van der Waals surface area contributed by atoms with Gasteiger partial charge in [-0.2, -0.15) is 0 Å². The van der Waals surface area contributed by atoms with Crippen molar-refractivity contribution < 1.29 is 4.79 Å². The van der Waals surface area contributed by atoms with E-state index < -0.39 is 5.54 Å². The molecule has 0 radical (unpaired) electrons. The summed E-state index contributed by atoms with van der Waals surface area (Å²) in [5.74, 6) is 0.840. The van der Waals surface area contributed by atoms with E-state index in [2.05, 4.69) is 10.3 Å². The number of carbonyl (C=O) groups excluding carboxylic acids is 1. The van der Waals surface area contributed by atoms with Crippen molar-refractivity contribution in [3.05, 3.63) is 11.6 Å². The molecule has 1 fully saturated rings. The summed E-state index contributed by atoms with van der Waals surface area (Å²) < 4.78 is 0.995. The number of nitrogens with one attached hydrogen (secondary N) is 1. The van der Waals surface area contributed by atoms with Crippen molar-refractivity contribution in [2.75, 3.05) is 12.3 Å². The molecular weight excluding hydrogens is 254 g/mol. The van der Waals surface area contributed by atoms with Crippen LogP contribution in [0, 0.1) is 5.92 Å². The summed E-state index contributed by atoms with van der Waals surface area (Å²) in [5, 5.41) is 5.24. The summed E-state index contributed by atoms with van der Waals surface area (Å²) in [7, 11) is 0. The molecule has 3 N–H and O–H groups in total. The van der Waals surface area contributed by atoms with Crippen LogP contribution in [0.5, 0.6) is 0 Å². The second-order valence-corrected chi connectivity index (χ2v) is 6.34. The number of rotatable bonds is 7. The second kappa shape index (κ2) is 5.37. The van der Waals surface area contributed by atoms with E-state index in [1.54, 1.807) is 29.3 Å². The number of amides is 1. The smallest absolute Gasteiger partial charge is 0.238 e. The number of nitrogens with two attached hydrogens (primary N) is 1. The topological polar surface area (TPSA) is 68.0 Å². The summed E-state index contributed by atoms with van der Waals surface area (Å²) in [5.41, 5.74) is 5.06. The number of thiazole rings is 1. The minimum absolute atomic E-state index is 0.231. The summed E-state index contributed by atoms with van der Waals surface area (Å²) in [6.07, 6.45) is 3.96. The second-order valence-electron chi connectivity index (χ2n) is 4.23. The summed E-state index contributed by atoms with van der Waals surface area (Å²) in [6.45, 7) is 2.77. The summed E-state index contributed by atoms with van der Waals surface area (Å²) >= 11 is 3.21. The predicted octanol–water partition coefficient (Wildman–Crippen LogP) is 1.48. The van der Waals surface area contributed by atoms with Crippen LogP contribution in [-0.2, 0) is 4.79 Å². The molecule has 17 heavy (non-hydrogen) atoms. The van der Waals surface area contributed by atoms with Gasteiger partial charge in [0.2, 0.25) is 5.91 Å². The van der Waals surface area contributed by atoms with Crippen LogP contribution in [0.3, 0.4) is 0 Å². The highest BCUT2D eigenvalue weighted by Gasteiger charge is 2.49. The highest BCUT2D eigenvalue weighted by Crippen LogP contribution is 2.42. The Balaban J connectivity index is 2.06. The van der Waals surface area contributed by atoms with Crippen molar-refractivity contribution in [3.8, 4) is 0 Å². The maximum Gasteiger partial charge on any atom is 0.238 e. The number of primary amides is 1. The number of thioether (sulfide) groups is 1. The Bertz CT molecular complexity index is 378. The third-order valence-corrected chi connectivity index (χ3v) is 5.20. The van der Waals surface area contributed by atoms with Gasteiger partial charge in [0.05, 0.1) is 0 Å². The van der Waals surface area contributed by atoms with Crippen molar-refractivity contribution in [2.24, 2.45) is 11.7 Å². The third kappa shape index (κ3) is 2.81. The Kier molecular flexibility index (Phi) is 4.06. The first-order chi connectivity index (χ1) is 8.19. The largest absolute Gasteiger partial charge is 0.368 e. The lowest BCUT2D eigenvalue weighted by Gasteiger charge is -2.31. The van der Waals surface area contributed by atoms with Gasteiger partial charge in [0.1, 0.15) is 9.88 Å². The maximum atomic E-state index is 11.8. The third-order valence-electron chi connectivity index (χ3n) is 3.04. The molecule has 2 rings (SSSR count). The molecule has 1 unspecified atom stereocenters. The molecule has 1 aliphatic rings. The fourth-order valence-electron chi connectivity index (χ4n) is 2.02. The number of nitrogens with zero attached hydrogens (tertiary/aromatic N) is 1. The van der Waals surface area contributed by atoms with E-state index in [9.17, 15) is 4.79 Å². The Hall–Kier alpha value is -0.590. The number of likely N-dealkylation sites (N-methyl/N-ethyl adjacent to an activating group) is 1. The molecule has 4 nitrogen and oxygen atoms in total. The van der Waals surface area contributed by atoms with Gasteiger partial charge in [-0.25, -0.2) is 4.98 Å². The zero-order chi connectivity index (χ0) is 12.3. The van der Waals surface area contributed by atoms with Gasteiger partial charge in [0, 0.05) is 17.3 Å². The van der Waals surface area contributed by atoms with E-state index in [-0.39, 0.29) is 5.91 Å². The molecule has 1 aliphatic carbocycles. The molecule has 94 valence electrons. The average molecular weight is 271 g/mol. The van der Waals surface area contributed by atoms with Crippen LogP contribution in [0.2, 0.25) is 0 Å². The zero-order valence-corrected chi connectivity index (χ0v) is 11.4. The van der Waals surface area contributed by atoms with E-state index in [1.807, 2.05) is 12.3 Å². The highest BCUT2D eigenvalue weighted by atomic mass is 32.2. The van der Waals surface area contributed by atoms with Crippen LogP contribution in [0.4, 0.5) is 0 Å². The van der Waals surface area contributed by atoms with Gasteiger partial charge in [-0.05, 0) is 25.3 Å². The highest BCUT2D eigenvalue weighted by molar-refractivity contribution is 8.01. The van der Waals surface area contributed by atoms with E-state index in [1.165, 1.54) is 0 Å². The Morgan fingerprint density at radius 2 is 2.53 bits per heavy atom. The van der Waals surface area contributed by atoms with Crippen LogP contribution in [0.25, 0.3) is 0 Å². The maximum absolute atomic E-state index is 11.8. The molecule has 1 atom stereocenters. The van der Waals surface area contributed by atoms with Crippen molar-refractivity contribution in [1.82, 2.24) is 10.3 Å². The Morgan fingerprint density at radius 3 is 3.00 bits per heavy atom. The van der Waals surface area contributed by atoms with Gasteiger partial charge in [-0.1, -0.05) is 18.7 Å². The molecule has 0 aromatic carbocycles. The van der Waals surface area contributed by atoms with E-state index in [0.717, 1.165) is 23.7 Å². The van der Waals surface area contributed by atoms with Crippen LogP contribution in [0.15, 0.2) is 15.9 Å². The monoisotopic (exact) mass is 271 g/mol. The van der Waals surface area contributed by atoms with Crippen molar-refractivity contribution >= 4 is 29.0 Å². The molecule has 6 heteroatoms. The molecule has 0 spiro atoms. The lowest BCUT2D eigenvalue weighted by Crippen LogP contribution is -2.59. The molecule has 1 amide bonds. The number of hydrogen-bond donors (Lipinski definition) is 2. The Labute approximate surface area is 109 Å². The van der Waals surface area contributed by atoms with Crippen molar-refractivity contribution in [3.63, 3.8) is 0 Å². The average Bonchev–Trinajstić information content (AvgIpc) is 3.02. The molecule has 1 aromatic rings. The Morgan fingerprint density at radius 1 is 1.76 bits per heavy atom. The molecule has 1 aromatic heterocycles. The summed E-state index contributed by atoms with van der Waals surface area (Å²) in [6, 6.07) is 0. The molecule has 0 bridgehead atoms. The van der Waals surface area contributed by atoms with Crippen molar-refractivity contribution in [1.29, 1.82) is 0 Å². The first-order valence-corrected chi connectivity index (χ1v) is 7.63. The van der Waals surface area contributed by atoms with Gasteiger partial charge < -0.3 is 11.1 Å². The zero-order valence-electron chi connectivity index (χ0n) is 9.81. The minimum Gasteiger partial charge on any atom is -0.368 e. The van der Waals surface area contributed by atoms with Gasteiger partial charge >= 0.3 is 0 Å². The fourth-order valence-corrected chi connectivity index (χ4v) is 3.96. The lowest BCUT2D eigenvalue weighted by molar-refractivity contribution is -0.124. The first-order valence-electron chi connectivity index (χ1n) is 5.76. The van der Waals surface area contributed by atoms with E-state index in [4.69, 9.17) is 5.73 Å². The number of aromatic nitrogens is 1. The van der Waals surface area contributed by atoms with Gasteiger partial charge in [0.15, 0.2) is 0 Å². The first kappa shape index (κ1) is 12.9. The molecule has 1 saturated carbocycles. The van der Waals surface area contributed by atoms with Crippen LogP contribution in [-0.4, -0.2) is 28.7 Å². The van der Waals surface area contributed by atoms with Crippen LogP contribution in [0.1, 0.15) is 19.8 Å². The molecule has 0 saturated heterocycles. The minimum atomic E-state index is -0.551. The normalized spacial score (nSPS) is 18.9. The van der Waals surface area contributed by atoms with Gasteiger partial charge in [-0.3, -0.25) is 4.79 Å². The van der Waals surface area contributed by atoms with Gasteiger partial charge in [0.25, 0.3) is 0 Å². The standard InChI is InChI=1S/C11H17N3OS2/c1-2-14-11(9(12)15,8-3-4-8)7-17-10-13-5-6-16-10/h5-6,8,14H,2-4,7H2,1H3,(H2,12,15). The molecular formula is C11H17N3OS2. The predicted molar refractivity (Wildman–Crippen MR) is 71.2 cm³/mol. The molecule has 0 aliphatic heterocycles. The molecule has 1 heterocycles. The lowest BCUT2D eigenvalue weighted by atomic mass is 9.94. The van der Waals surface area contributed by atoms with Crippen LogP contribution < -0.4 is 11.1 Å². The van der Waals surface area contributed by atoms with E-state index in [0.29, 0.717) is 11.7 Å². The van der Waals surface area contributed by atoms with Crippen LogP contribution >= 0.6 is 23.1 Å². The van der Waals surface area contributed by atoms with Gasteiger partial charge in [-0.15, -0.1) is 11.3 Å².